The Hall–Kier alpha value is -1.36. The zero-order valence-electron chi connectivity index (χ0n) is 7.37. The van der Waals surface area contributed by atoms with E-state index in [-0.39, 0.29) is 5.97 Å². The molecule has 72 valence electrons. The van der Waals surface area contributed by atoms with Gasteiger partial charge in [-0.05, 0) is 28.1 Å². The van der Waals surface area contributed by atoms with Crippen LogP contribution in [0.2, 0.25) is 0 Å². The Bertz CT molecular complexity index is 493. The Balaban J connectivity index is 2.72. The molecule has 0 aliphatic rings. The summed E-state index contributed by atoms with van der Waals surface area (Å²) in [5.41, 5.74) is 1.91. The molecule has 0 aliphatic heterocycles. The monoisotopic (exact) mass is 254 g/mol. The minimum absolute atomic E-state index is 0.374. The first-order chi connectivity index (χ1) is 6.72. The first kappa shape index (κ1) is 9.21. The number of aromatic nitrogens is 2. The van der Waals surface area contributed by atoms with Crippen molar-refractivity contribution < 1.29 is 9.53 Å². The summed E-state index contributed by atoms with van der Waals surface area (Å²) in [7, 11) is 1.35. The quantitative estimate of drug-likeness (QED) is 0.627. The van der Waals surface area contributed by atoms with Crippen LogP contribution in [0.5, 0.6) is 0 Å². The second kappa shape index (κ2) is 3.42. The second-order valence-corrected chi connectivity index (χ2v) is 3.53. The van der Waals surface area contributed by atoms with Crippen molar-refractivity contribution in [3.8, 4) is 0 Å². The first-order valence-electron chi connectivity index (χ1n) is 3.94. The number of carbonyl (C=O) groups is 1. The van der Waals surface area contributed by atoms with Gasteiger partial charge in [0.1, 0.15) is 4.60 Å². The van der Waals surface area contributed by atoms with E-state index in [9.17, 15) is 4.79 Å². The van der Waals surface area contributed by atoms with E-state index in [1.54, 1.807) is 18.3 Å². The highest BCUT2D eigenvalue weighted by atomic mass is 79.9. The minimum Gasteiger partial charge on any atom is -0.465 e. The topological polar surface area (TPSA) is 55.0 Å². The molecule has 0 spiro atoms. The van der Waals surface area contributed by atoms with Crippen LogP contribution in [0.1, 0.15) is 10.4 Å². The molecule has 0 fully saturated rings. The van der Waals surface area contributed by atoms with E-state index in [1.807, 2.05) is 0 Å². The van der Waals surface area contributed by atoms with Gasteiger partial charge in [-0.15, -0.1) is 0 Å². The maximum atomic E-state index is 11.4. The Morgan fingerprint density at radius 1 is 1.64 bits per heavy atom. The van der Waals surface area contributed by atoms with E-state index in [2.05, 4.69) is 30.6 Å². The fourth-order valence-corrected chi connectivity index (χ4v) is 1.70. The number of rotatable bonds is 1. The van der Waals surface area contributed by atoms with E-state index in [0.29, 0.717) is 15.7 Å². The highest BCUT2D eigenvalue weighted by Crippen LogP contribution is 2.20. The molecular weight excluding hydrogens is 248 g/mol. The van der Waals surface area contributed by atoms with Crippen molar-refractivity contribution in [3.05, 3.63) is 28.5 Å². The van der Waals surface area contributed by atoms with Gasteiger partial charge in [0, 0.05) is 6.20 Å². The lowest BCUT2D eigenvalue weighted by Crippen LogP contribution is -2.02. The molecule has 14 heavy (non-hydrogen) atoms. The number of halogens is 1. The summed E-state index contributed by atoms with van der Waals surface area (Å²) >= 11 is 3.23. The molecule has 0 aliphatic carbocycles. The molecular formula is C9H7BrN2O2. The van der Waals surface area contributed by atoms with Crippen molar-refractivity contribution >= 4 is 32.9 Å². The minimum atomic E-state index is -0.374. The number of nitrogens with one attached hydrogen (secondary N) is 1. The van der Waals surface area contributed by atoms with Gasteiger partial charge in [0.05, 0.1) is 23.7 Å². The zero-order chi connectivity index (χ0) is 10.1. The number of hydrogen-bond acceptors (Lipinski definition) is 3. The number of fused-ring (bicyclic) bond motifs is 1. The lowest BCUT2D eigenvalue weighted by Gasteiger charge is -2.01. The fraction of sp³-hybridized carbons (Fsp3) is 0.111. The molecule has 0 saturated carbocycles. The van der Waals surface area contributed by atoms with Gasteiger partial charge < -0.3 is 9.72 Å². The van der Waals surface area contributed by atoms with Crippen molar-refractivity contribution in [2.45, 2.75) is 0 Å². The molecule has 2 heterocycles. The Kier molecular flexibility index (Phi) is 2.25. The van der Waals surface area contributed by atoms with Gasteiger partial charge in [-0.2, -0.15) is 0 Å². The molecule has 0 aromatic carbocycles. The van der Waals surface area contributed by atoms with Crippen molar-refractivity contribution in [1.29, 1.82) is 0 Å². The van der Waals surface area contributed by atoms with Crippen LogP contribution in [0, 0.1) is 0 Å². The molecule has 0 radical (unpaired) electrons. The Morgan fingerprint density at radius 3 is 3.14 bits per heavy atom. The van der Waals surface area contributed by atoms with Crippen molar-refractivity contribution in [1.82, 2.24) is 9.97 Å². The molecule has 0 saturated heterocycles. The summed E-state index contributed by atoms with van der Waals surface area (Å²) < 4.78 is 5.28. The largest absolute Gasteiger partial charge is 0.465 e. The van der Waals surface area contributed by atoms with Gasteiger partial charge in [-0.25, -0.2) is 9.78 Å². The fourth-order valence-electron chi connectivity index (χ4n) is 1.28. The Morgan fingerprint density at radius 2 is 2.43 bits per heavy atom. The van der Waals surface area contributed by atoms with E-state index in [4.69, 9.17) is 0 Å². The van der Waals surface area contributed by atoms with Gasteiger partial charge in [-0.1, -0.05) is 0 Å². The number of H-pyrrole nitrogens is 1. The third-order valence-corrected chi connectivity index (χ3v) is 2.30. The normalized spacial score (nSPS) is 10.4. The summed E-state index contributed by atoms with van der Waals surface area (Å²) in [6, 6.07) is 3.43. The number of pyridine rings is 1. The highest BCUT2D eigenvalue weighted by molar-refractivity contribution is 9.10. The van der Waals surface area contributed by atoms with Gasteiger partial charge in [0.2, 0.25) is 0 Å². The SMILES string of the molecule is COC(=O)c1cc(Br)nc2cc[nH]c12. The smallest absolute Gasteiger partial charge is 0.340 e. The molecule has 1 N–H and O–H groups in total. The molecule has 2 aromatic rings. The van der Waals surface area contributed by atoms with Crippen molar-refractivity contribution in [2.24, 2.45) is 0 Å². The maximum absolute atomic E-state index is 11.4. The summed E-state index contributed by atoms with van der Waals surface area (Å²) in [5.74, 6) is -0.374. The molecule has 0 amide bonds. The number of carbonyl (C=O) groups excluding carboxylic acids is 1. The lowest BCUT2D eigenvalue weighted by molar-refractivity contribution is 0.0602. The van der Waals surface area contributed by atoms with Gasteiger partial charge in [-0.3, -0.25) is 0 Å². The van der Waals surface area contributed by atoms with Crippen molar-refractivity contribution in [3.63, 3.8) is 0 Å². The third kappa shape index (κ3) is 1.39. The summed E-state index contributed by atoms with van der Waals surface area (Å²) in [6.45, 7) is 0. The van der Waals surface area contributed by atoms with Crippen LogP contribution >= 0.6 is 15.9 Å². The molecule has 4 nitrogen and oxygen atoms in total. The summed E-state index contributed by atoms with van der Waals surface area (Å²) in [4.78, 5) is 18.5. The average Bonchev–Trinajstić information content (AvgIpc) is 2.62. The van der Waals surface area contributed by atoms with Crippen molar-refractivity contribution in [2.75, 3.05) is 7.11 Å². The van der Waals surface area contributed by atoms with Crippen LogP contribution < -0.4 is 0 Å². The van der Waals surface area contributed by atoms with E-state index in [1.165, 1.54) is 7.11 Å². The van der Waals surface area contributed by atoms with Crippen LogP contribution in [0.15, 0.2) is 22.9 Å². The first-order valence-corrected chi connectivity index (χ1v) is 4.73. The standard InChI is InChI=1S/C9H7BrN2O2/c1-14-9(13)5-4-7(10)12-6-2-3-11-8(5)6/h2-4,11H,1H3. The molecule has 0 bridgehead atoms. The third-order valence-electron chi connectivity index (χ3n) is 1.89. The summed E-state index contributed by atoms with van der Waals surface area (Å²) in [6.07, 6.45) is 1.73. The number of ether oxygens (including phenoxy) is 1. The maximum Gasteiger partial charge on any atom is 0.340 e. The number of esters is 1. The molecule has 2 rings (SSSR count). The average molecular weight is 255 g/mol. The second-order valence-electron chi connectivity index (χ2n) is 2.72. The van der Waals surface area contributed by atoms with Crippen LogP contribution in [0.25, 0.3) is 11.0 Å². The zero-order valence-corrected chi connectivity index (χ0v) is 8.96. The van der Waals surface area contributed by atoms with Crippen LogP contribution in [0.4, 0.5) is 0 Å². The Labute approximate surface area is 88.4 Å². The van der Waals surface area contributed by atoms with Gasteiger partial charge in [0.15, 0.2) is 0 Å². The predicted molar refractivity (Wildman–Crippen MR) is 55.1 cm³/mol. The lowest BCUT2D eigenvalue weighted by atomic mass is 10.2. The molecule has 5 heteroatoms. The van der Waals surface area contributed by atoms with E-state index in [0.717, 1.165) is 5.52 Å². The molecule has 2 aromatic heterocycles. The van der Waals surface area contributed by atoms with Gasteiger partial charge in [0.25, 0.3) is 0 Å². The predicted octanol–water partition coefficient (Wildman–Crippen LogP) is 2.11. The summed E-state index contributed by atoms with van der Waals surface area (Å²) in [5, 5.41) is 0. The van der Waals surface area contributed by atoms with Crippen LogP contribution in [-0.4, -0.2) is 23.0 Å². The van der Waals surface area contributed by atoms with E-state index >= 15 is 0 Å². The van der Waals surface area contributed by atoms with Crippen LogP contribution in [-0.2, 0) is 4.74 Å². The van der Waals surface area contributed by atoms with E-state index < -0.39 is 0 Å². The highest BCUT2D eigenvalue weighted by Gasteiger charge is 2.12. The number of aromatic amines is 1. The molecule has 0 atom stereocenters. The molecule has 0 unspecified atom stereocenters. The number of nitrogens with zero attached hydrogens (tertiary/aromatic N) is 1. The number of methoxy groups -OCH3 is 1. The van der Waals surface area contributed by atoms with Gasteiger partial charge >= 0.3 is 5.97 Å². The van der Waals surface area contributed by atoms with Crippen LogP contribution in [0.3, 0.4) is 0 Å². The number of hydrogen-bond donors (Lipinski definition) is 1.